The number of hydrogen-bond donors (Lipinski definition) is 1. The third kappa shape index (κ3) is 3.68. The minimum Gasteiger partial charge on any atom is -0.471 e. The van der Waals surface area contributed by atoms with Gasteiger partial charge in [0.25, 0.3) is 5.91 Å². The van der Waals surface area contributed by atoms with Crippen molar-refractivity contribution >= 4 is 5.91 Å². The predicted octanol–water partition coefficient (Wildman–Crippen LogP) is 2.17. The minimum absolute atomic E-state index is 0.0406. The third-order valence-corrected chi connectivity index (χ3v) is 2.50. The Balaban J connectivity index is 2.24. The average molecular weight is 297 g/mol. The molecule has 21 heavy (non-hydrogen) atoms. The van der Waals surface area contributed by atoms with E-state index in [9.17, 15) is 18.0 Å². The average Bonchev–Trinajstić information content (AvgIpc) is 2.45. The maximum atomic E-state index is 12.8. The third-order valence-electron chi connectivity index (χ3n) is 2.50. The first-order valence-corrected chi connectivity index (χ1v) is 5.78. The number of rotatable bonds is 4. The number of primary amides is 1. The number of pyridine rings is 2. The number of amides is 1. The highest BCUT2D eigenvalue weighted by atomic mass is 19.4. The maximum absolute atomic E-state index is 12.8. The van der Waals surface area contributed by atoms with E-state index in [0.29, 0.717) is 5.69 Å². The van der Waals surface area contributed by atoms with Gasteiger partial charge in [0.2, 0.25) is 5.88 Å². The fourth-order valence-electron chi connectivity index (χ4n) is 1.57. The highest BCUT2D eigenvalue weighted by Crippen LogP contribution is 2.31. The molecule has 0 aromatic carbocycles. The van der Waals surface area contributed by atoms with E-state index in [1.165, 1.54) is 6.20 Å². The number of hydrogen-bond acceptors (Lipinski definition) is 4. The molecule has 2 N–H and O–H groups in total. The predicted molar refractivity (Wildman–Crippen MR) is 66.3 cm³/mol. The molecule has 0 fully saturated rings. The van der Waals surface area contributed by atoms with E-state index < -0.39 is 23.3 Å². The van der Waals surface area contributed by atoms with Crippen LogP contribution in [0.3, 0.4) is 0 Å². The van der Waals surface area contributed by atoms with E-state index in [4.69, 9.17) is 10.5 Å². The quantitative estimate of drug-likeness (QED) is 0.938. The molecular formula is C13H10F3N3O2. The Morgan fingerprint density at radius 2 is 2.00 bits per heavy atom. The molecule has 0 aliphatic heterocycles. The zero-order valence-electron chi connectivity index (χ0n) is 10.6. The molecule has 1 amide bonds. The number of aromatic nitrogens is 2. The first-order chi connectivity index (χ1) is 9.88. The smallest absolute Gasteiger partial charge is 0.434 e. The van der Waals surface area contributed by atoms with Crippen molar-refractivity contribution in [2.45, 2.75) is 12.8 Å². The Bertz CT molecular complexity index is 645. The van der Waals surface area contributed by atoms with Gasteiger partial charge in [-0.05, 0) is 18.2 Å². The molecule has 2 aromatic rings. The van der Waals surface area contributed by atoms with Crippen LogP contribution in [0.5, 0.6) is 5.88 Å². The van der Waals surface area contributed by atoms with Crippen LogP contribution in [0.4, 0.5) is 13.2 Å². The molecule has 0 unspecified atom stereocenters. The molecule has 0 saturated heterocycles. The lowest BCUT2D eigenvalue weighted by Crippen LogP contribution is -2.20. The van der Waals surface area contributed by atoms with E-state index in [1.54, 1.807) is 18.2 Å². The van der Waals surface area contributed by atoms with Gasteiger partial charge >= 0.3 is 6.18 Å². The molecule has 0 spiro atoms. The lowest BCUT2D eigenvalue weighted by molar-refractivity contribution is -0.141. The van der Waals surface area contributed by atoms with Crippen LogP contribution in [0.15, 0.2) is 36.5 Å². The number of nitrogens with zero attached hydrogens (tertiary/aromatic N) is 2. The molecular weight excluding hydrogens is 287 g/mol. The monoisotopic (exact) mass is 297 g/mol. The fraction of sp³-hybridized carbons (Fsp3) is 0.154. The number of ether oxygens (including phenoxy) is 1. The van der Waals surface area contributed by atoms with Gasteiger partial charge in [0.05, 0.1) is 11.3 Å². The van der Waals surface area contributed by atoms with Gasteiger partial charge in [-0.25, -0.2) is 4.98 Å². The molecule has 0 aliphatic rings. The van der Waals surface area contributed by atoms with Crippen LogP contribution >= 0.6 is 0 Å². The molecule has 8 heteroatoms. The van der Waals surface area contributed by atoms with Crippen LogP contribution in [-0.2, 0) is 12.8 Å². The van der Waals surface area contributed by atoms with E-state index in [1.807, 2.05) is 0 Å². The fourth-order valence-corrected chi connectivity index (χ4v) is 1.57. The first kappa shape index (κ1) is 14.8. The van der Waals surface area contributed by atoms with Crippen molar-refractivity contribution in [3.05, 3.63) is 53.5 Å². The molecule has 0 saturated carbocycles. The van der Waals surface area contributed by atoms with Gasteiger partial charge in [-0.2, -0.15) is 13.2 Å². The van der Waals surface area contributed by atoms with E-state index in [0.717, 1.165) is 12.1 Å². The zero-order chi connectivity index (χ0) is 15.5. The van der Waals surface area contributed by atoms with Crippen molar-refractivity contribution in [3.63, 3.8) is 0 Å². The topological polar surface area (TPSA) is 78.1 Å². The number of halogens is 3. The van der Waals surface area contributed by atoms with Crippen LogP contribution in [0.2, 0.25) is 0 Å². The van der Waals surface area contributed by atoms with Gasteiger partial charge in [-0.1, -0.05) is 6.07 Å². The summed E-state index contributed by atoms with van der Waals surface area (Å²) < 4.78 is 43.6. The maximum Gasteiger partial charge on any atom is 0.434 e. The summed E-state index contributed by atoms with van der Waals surface area (Å²) >= 11 is 0. The minimum atomic E-state index is -4.80. The first-order valence-electron chi connectivity index (χ1n) is 5.78. The molecule has 110 valence electrons. The molecule has 0 bridgehead atoms. The molecule has 2 rings (SSSR count). The summed E-state index contributed by atoms with van der Waals surface area (Å²) in [6, 6.07) is 7.16. The lowest BCUT2D eigenvalue weighted by atomic mass is 10.2. The van der Waals surface area contributed by atoms with Crippen LogP contribution in [-0.4, -0.2) is 15.9 Å². The van der Waals surface area contributed by atoms with Crippen LogP contribution in [0.1, 0.15) is 21.7 Å². The van der Waals surface area contributed by atoms with Crippen molar-refractivity contribution < 1.29 is 22.7 Å². The van der Waals surface area contributed by atoms with E-state index in [2.05, 4.69) is 9.97 Å². The van der Waals surface area contributed by atoms with Gasteiger partial charge < -0.3 is 10.5 Å². The van der Waals surface area contributed by atoms with Gasteiger partial charge in [0, 0.05) is 12.3 Å². The highest BCUT2D eigenvalue weighted by molar-refractivity contribution is 5.94. The van der Waals surface area contributed by atoms with E-state index in [-0.39, 0.29) is 12.5 Å². The van der Waals surface area contributed by atoms with Crippen LogP contribution in [0, 0.1) is 0 Å². The van der Waals surface area contributed by atoms with Crippen molar-refractivity contribution in [1.29, 1.82) is 0 Å². The number of carbonyl (C=O) groups excluding carboxylic acids is 1. The molecule has 2 heterocycles. The van der Waals surface area contributed by atoms with Gasteiger partial charge in [0.15, 0.2) is 5.69 Å². The Labute approximate surface area is 117 Å². The second kappa shape index (κ2) is 5.78. The van der Waals surface area contributed by atoms with Crippen LogP contribution < -0.4 is 10.5 Å². The van der Waals surface area contributed by atoms with Gasteiger partial charge in [0.1, 0.15) is 6.61 Å². The standard InChI is InChI=1S/C13H10F3N3O2/c14-13(15,16)11-9(12(17)20)4-5-10(19-11)21-7-8-3-1-2-6-18-8/h1-6H,7H2,(H2,17,20). The summed E-state index contributed by atoms with van der Waals surface area (Å²) in [6.45, 7) is -0.0406. The van der Waals surface area contributed by atoms with E-state index >= 15 is 0 Å². The van der Waals surface area contributed by atoms with Crippen LogP contribution in [0.25, 0.3) is 0 Å². The summed E-state index contributed by atoms with van der Waals surface area (Å²) in [5, 5.41) is 0. The zero-order valence-corrected chi connectivity index (χ0v) is 10.6. The number of nitrogens with two attached hydrogens (primary N) is 1. The summed E-state index contributed by atoms with van der Waals surface area (Å²) in [5.74, 6) is -1.47. The summed E-state index contributed by atoms with van der Waals surface area (Å²) in [5.41, 5.74) is 3.36. The van der Waals surface area contributed by atoms with Crippen molar-refractivity contribution in [3.8, 4) is 5.88 Å². The SMILES string of the molecule is NC(=O)c1ccc(OCc2ccccn2)nc1C(F)(F)F. The second-order valence-electron chi connectivity index (χ2n) is 4.02. The van der Waals surface area contributed by atoms with Crippen molar-refractivity contribution in [2.75, 3.05) is 0 Å². The molecule has 0 atom stereocenters. The lowest BCUT2D eigenvalue weighted by Gasteiger charge is -2.12. The molecule has 0 aliphatic carbocycles. The molecule has 5 nitrogen and oxygen atoms in total. The Kier molecular flexibility index (Phi) is 4.06. The highest BCUT2D eigenvalue weighted by Gasteiger charge is 2.37. The van der Waals surface area contributed by atoms with Gasteiger partial charge in [-0.15, -0.1) is 0 Å². The summed E-state index contributed by atoms with van der Waals surface area (Å²) in [7, 11) is 0. The van der Waals surface area contributed by atoms with Crippen molar-refractivity contribution in [2.24, 2.45) is 5.73 Å². The Morgan fingerprint density at radius 3 is 2.57 bits per heavy atom. The number of carbonyl (C=O) groups is 1. The largest absolute Gasteiger partial charge is 0.471 e. The normalized spacial score (nSPS) is 11.2. The molecule has 2 aromatic heterocycles. The second-order valence-corrected chi connectivity index (χ2v) is 4.02. The van der Waals surface area contributed by atoms with Crippen molar-refractivity contribution in [1.82, 2.24) is 9.97 Å². The number of alkyl halides is 3. The summed E-state index contributed by atoms with van der Waals surface area (Å²) in [6.07, 6.45) is -3.27. The Morgan fingerprint density at radius 1 is 1.24 bits per heavy atom. The Hall–Kier alpha value is -2.64. The molecule has 0 radical (unpaired) electrons. The van der Waals surface area contributed by atoms with Gasteiger partial charge in [-0.3, -0.25) is 9.78 Å². The summed E-state index contributed by atoms with van der Waals surface area (Å²) in [4.78, 5) is 18.3.